The van der Waals surface area contributed by atoms with E-state index in [1.165, 1.54) is 11.3 Å². The number of carbonyl (C=O) groups excluding carboxylic acids is 1. The molecule has 0 aromatic heterocycles. The molecular weight excluding hydrogens is 152 g/mol. The van der Waals surface area contributed by atoms with Crippen LogP contribution < -0.4 is 11.1 Å². The van der Waals surface area contributed by atoms with Gasteiger partial charge in [-0.05, 0) is 19.1 Å². The van der Waals surface area contributed by atoms with Gasteiger partial charge in [-0.3, -0.25) is 4.79 Å². The number of hydrogen-bond acceptors (Lipinski definition) is 2. The van der Waals surface area contributed by atoms with Gasteiger partial charge in [-0.15, -0.1) is 0 Å². The van der Waals surface area contributed by atoms with E-state index >= 15 is 0 Å². The average molecular weight is 166 g/mol. The monoisotopic (exact) mass is 166 g/mol. The first-order chi connectivity index (χ1) is 5.74. The number of rotatable bonds is 1. The molecule has 12 heavy (non-hydrogen) atoms. The molecule has 0 aliphatic rings. The summed E-state index contributed by atoms with van der Waals surface area (Å²) in [6.45, 7) is 2.08. The fraction of sp³-hybridized carbons (Fsp3) is 0.222. The number of amides is 1. The molecule has 0 aliphatic heterocycles. The maximum Gasteiger partial charge on any atom is 0.204 e. The smallest absolute Gasteiger partial charge is 0.204 e. The Morgan fingerprint density at radius 2 is 1.75 bits per heavy atom. The molecule has 0 spiro atoms. The van der Waals surface area contributed by atoms with Crippen LogP contribution in [-0.4, -0.2) is 13.5 Å². The highest BCUT2D eigenvalue weighted by molar-refractivity contribution is 5.43. The summed E-state index contributed by atoms with van der Waals surface area (Å²) < 4.78 is 0. The van der Waals surface area contributed by atoms with Crippen molar-refractivity contribution in [3.05, 3.63) is 29.8 Å². The van der Waals surface area contributed by atoms with Gasteiger partial charge in [0.05, 0.1) is 0 Å². The van der Waals surface area contributed by atoms with Crippen molar-refractivity contribution in [2.45, 2.75) is 6.92 Å². The molecule has 0 saturated heterocycles. The van der Waals surface area contributed by atoms with E-state index in [9.17, 15) is 0 Å². The Labute approximate surface area is 72.6 Å². The van der Waals surface area contributed by atoms with Crippen LogP contribution in [0, 0.1) is 6.92 Å². The van der Waals surface area contributed by atoms with Crippen LogP contribution in [0.4, 0.5) is 5.69 Å². The van der Waals surface area contributed by atoms with E-state index in [0.717, 1.165) is 0 Å². The molecule has 0 bridgehead atoms. The lowest BCUT2D eigenvalue weighted by Crippen LogP contribution is -1.85. The zero-order valence-electron chi connectivity index (χ0n) is 7.37. The minimum absolute atomic E-state index is 0.250. The zero-order valence-corrected chi connectivity index (χ0v) is 7.37. The van der Waals surface area contributed by atoms with Crippen molar-refractivity contribution in [3.8, 4) is 0 Å². The first-order valence-corrected chi connectivity index (χ1v) is 3.64. The van der Waals surface area contributed by atoms with E-state index in [-0.39, 0.29) is 6.41 Å². The number of aryl methyl sites for hydroxylation is 1. The largest absolute Gasteiger partial charge is 0.388 e. The summed E-state index contributed by atoms with van der Waals surface area (Å²) in [6.07, 6.45) is 0.250. The number of hydrogen-bond donors (Lipinski definition) is 2. The summed E-state index contributed by atoms with van der Waals surface area (Å²) in [5.41, 5.74) is 6.63. The molecule has 0 heterocycles. The Morgan fingerprint density at radius 1 is 1.33 bits per heavy atom. The van der Waals surface area contributed by atoms with E-state index in [4.69, 9.17) is 4.79 Å². The van der Waals surface area contributed by atoms with Crippen molar-refractivity contribution < 1.29 is 4.79 Å². The lowest BCUT2D eigenvalue weighted by atomic mass is 10.2. The van der Waals surface area contributed by atoms with E-state index in [0.29, 0.717) is 0 Å². The fourth-order valence-electron chi connectivity index (χ4n) is 0.720. The summed E-state index contributed by atoms with van der Waals surface area (Å²) in [7, 11) is 1.92. The molecule has 1 amide bonds. The molecule has 0 fully saturated rings. The number of nitrogens with two attached hydrogens (primary N) is 1. The molecule has 0 aliphatic carbocycles. The lowest BCUT2D eigenvalue weighted by molar-refractivity contribution is -0.106. The van der Waals surface area contributed by atoms with E-state index in [1.807, 2.05) is 7.05 Å². The van der Waals surface area contributed by atoms with Gasteiger partial charge in [0.15, 0.2) is 0 Å². The molecule has 3 nitrogen and oxygen atoms in total. The van der Waals surface area contributed by atoms with E-state index < -0.39 is 0 Å². The quantitative estimate of drug-likeness (QED) is 0.615. The molecule has 0 unspecified atom stereocenters. The number of carbonyl (C=O) groups is 1. The number of benzene rings is 1. The van der Waals surface area contributed by atoms with E-state index in [2.05, 4.69) is 42.2 Å². The molecule has 0 atom stereocenters. The van der Waals surface area contributed by atoms with Crippen LogP contribution in [0.3, 0.4) is 0 Å². The maximum atomic E-state index is 8.58. The Hall–Kier alpha value is -1.51. The molecule has 66 valence electrons. The molecule has 1 rings (SSSR count). The molecule has 1 aromatic carbocycles. The minimum Gasteiger partial charge on any atom is -0.388 e. The molecule has 3 N–H and O–H groups in total. The predicted molar refractivity (Wildman–Crippen MR) is 51.0 cm³/mol. The molecule has 1 aromatic rings. The van der Waals surface area contributed by atoms with Crippen molar-refractivity contribution in [1.29, 1.82) is 0 Å². The van der Waals surface area contributed by atoms with Gasteiger partial charge in [-0.1, -0.05) is 17.7 Å². The summed E-state index contributed by atoms with van der Waals surface area (Å²) in [5, 5.41) is 3.05. The standard InChI is InChI=1S/C8H11N.CH3NO/c1-7-3-5-8(9-2)6-4-7;2-1-3/h3-6,9H,1-2H3;1H,(H2,2,3). The Balaban J connectivity index is 0.000000354. The maximum absolute atomic E-state index is 8.58. The molecule has 0 saturated carbocycles. The van der Waals surface area contributed by atoms with Crippen LogP contribution in [0.15, 0.2) is 24.3 Å². The fourth-order valence-corrected chi connectivity index (χ4v) is 0.720. The van der Waals surface area contributed by atoms with Gasteiger partial charge in [0.1, 0.15) is 0 Å². The van der Waals surface area contributed by atoms with Crippen LogP contribution in [0.2, 0.25) is 0 Å². The second-order valence-corrected chi connectivity index (χ2v) is 2.25. The van der Waals surface area contributed by atoms with Gasteiger partial charge in [0.25, 0.3) is 0 Å². The minimum atomic E-state index is 0.250. The van der Waals surface area contributed by atoms with Crippen molar-refractivity contribution >= 4 is 12.1 Å². The van der Waals surface area contributed by atoms with E-state index in [1.54, 1.807) is 0 Å². The third-order valence-corrected chi connectivity index (χ3v) is 1.34. The van der Waals surface area contributed by atoms with Gasteiger partial charge in [0, 0.05) is 12.7 Å². The highest BCUT2D eigenvalue weighted by Crippen LogP contribution is 2.06. The van der Waals surface area contributed by atoms with Gasteiger partial charge < -0.3 is 11.1 Å². The highest BCUT2D eigenvalue weighted by Gasteiger charge is 1.83. The van der Waals surface area contributed by atoms with Crippen molar-refractivity contribution in [2.75, 3.05) is 12.4 Å². The number of anilines is 1. The molecule has 0 radical (unpaired) electrons. The molecule has 3 heteroatoms. The predicted octanol–water partition coefficient (Wildman–Crippen LogP) is 1.14. The first-order valence-electron chi connectivity index (χ1n) is 3.64. The van der Waals surface area contributed by atoms with Crippen LogP contribution in [0.5, 0.6) is 0 Å². The number of nitrogens with one attached hydrogen (secondary N) is 1. The first kappa shape index (κ1) is 10.5. The van der Waals surface area contributed by atoms with Gasteiger partial charge in [0.2, 0.25) is 6.41 Å². The van der Waals surface area contributed by atoms with Crippen molar-refractivity contribution in [2.24, 2.45) is 5.73 Å². The Kier molecular flexibility index (Phi) is 5.43. The van der Waals surface area contributed by atoms with Gasteiger partial charge in [-0.2, -0.15) is 0 Å². The highest BCUT2D eigenvalue weighted by atomic mass is 16.1. The van der Waals surface area contributed by atoms with Crippen LogP contribution >= 0.6 is 0 Å². The Bertz CT molecular complexity index is 218. The second-order valence-electron chi connectivity index (χ2n) is 2.25. The summed E-state index contributed by atoms with van der Waals surface area (Å²) >= 11 is 0. The van der Waals surface area contributed by atoms with Crippen LogP contribution in [-0.2, 0) is 4.79 Å². The zero-order chi connectivity index (χ0) is 9.40. The summed E-state index contributed by atoms with van der Waals surface area (Å²) in [5.74, 6) is 0. The van der Waals surface area contributed by atoms with Crippen molar-refractivity contribution in [1.82, 2.24) is 0 Å². The van der Waals surface area contributed by atoms with Crippen LogP contribution in [0.1, 0.15) is 5.56 Å². The van der Waals surface area contributed by atoms with Gasteiger partial charge in [-0.25, -0.2) is 0 Å². The van der Waals surface area contributed by atoms with Crippen LogP contribution in [0.25, 0.3) is 0 Å². The molecular formula is C9H14N2O. The topological polar surface area (TPSA) is 55.1 Å². The summed E-state index contributed by atoms with van der Waals surface area (Å²) in [4.78, 5) is 8.58. The van der Waals surface area contributed by atoms with Crippen molar-refractivity contribution in [3.63, 3.8) is 0 Å². The second kappa shape index (κ2) is 6.22. The third kappa shape index (κ3) is 4.33. The third-order valence-electron chi connectivity index (χ3n) is 1.34. The SMILES string of the molecule is CNc1ccc(C)cc1.NC=O. The normalized spacial score (nSPS) is 7.83. The number of primary amides is 1. The average Bonchev–Trinajstić information content (AvgIpc) is 2.07. The lowest BCUT2D eigenvalue weighted by Gasteiger charge is -1.97. The Morgan fingerprint density at radius 3 is 2.08 bits per heavy atom. The van der Waals surface area contributed by atoms with Gasteiger partial charge >= 0.3 is 0 Å². The summed E-state index contributed by atoms with van der Waals surface area (Å²) in [6, 6.07) is 8.31.